The smallest absolute Gasteiger partial charge is 0.257 e. The Morgan fingerprint density at radius 2 is 2.17 bits per heavy atom. The number of hydrogen-bond acceptors (Lipinski definition) is 4. The summed E-state index contributed by atoms with van der Waals surface area (Å²) in [4.78, 5) is 23.1. The Morgan fingerprint density at radius 3 is 3.00 bits per heavy atom. The van der Waals surface area contributed by atoms with Crippen LogP contribution in [0.4, 0.5) is 5.69 Å². The third kappa shape index (κ3) is 2.57. The summed E-state index contributed by atoms with van der Waals surface area (Å²) in [5, 5.41) is 2.90. The quantitative estimate of drug-likeness (QED) is 0.788. The van der Waals surface area contributed by atoms with Gasteiger partial charge >= 0.3 is 0 Å². The van der Waals surface area contributed by atoms with Crippen LogP contribution in [-0.2, 0) is 13.1 Å². The van der Waals surface area contributed by atoms with Gasteiger partial charge in [-0.1, -0.05) is 0 Å². The predicted octanol–water partition coefficient (Wildman–Crippen LogP) is 2.13. The lowest BCUT2D eigenvalue weighted by Gasteiger charge is -2.23. The molecule has 0 bridgehead atoms. The number of carbonyl (C=O) groups is 1. The maximum atomic E-state index is 12.2. The minimum absolute atomic E-state index is 0.166. The number of anilines is 1. The molecule has 0 saturated carbocycles. The number of aromatic nitrogens is 3. The van der Waals surface area contributed by atoms with Crippen LogP contribution in [0.25, 0.3) is 11.0 Å². The molecule has 1 aromatic carbocycles. The highest BCUT2D eigenvalue weighted by Gasteiger charge is 2.17. The van der Waals surface area contributed by atoms with E-state index in [1.807, 2.05) is 18.2 Å². The van der Waals surface area contributed by atoms with Crippen LogP contribution in [0, 0.1) is 0 Å². The number of amides is 1. The molecule has 1 amide bonds. The van der Waals surface area contributed by atoms with E-state index >= 15 is 0 Å². The summed E-state index contributed by atoms with van der Waals surface area (Å²) in [6.45, 7) is 2.83. The third-order valence-electron chi connectivity index (χ3n) is 4.13. The van der Waals surface area contributed by atoms with Gasteiger partial charge in [-0.2, -0.15) is 0 Å². The number of pyridine rings is 1. The average Bonchev–Trinajstić information content (AvgIpc) is 2.92. The molecule has 1 N–H and O–H groups in total. The molecule has 2 aromatic heterocycles. The molecule has 6 nitrogen and oxygen atoms in total. The third-order valence-corrected chi connectivity index (χ3v) is 4.13. The second kappa shape index (κ2) is 5.48. The van der Waals surface area contributed by atoms with E-state index in [-0.39, 0.29) is 5.91 Å². The Labute approximate surface area is 133 Å². The Morgan fingerprint density at radius 1 is 1.26 bits per heavy atom. The maximum Gasteiger partial charge on any atom is 0.257 e. The van der Waals surface area contributed by atoms with Gasteiger partial charge in [0.1, 0.15) is 5.82 Å². The summed E-state index contributed by atoms with van der Waals surface area (Å²) in [6.07, 6.45) is 3.20. The van der Waals surface area contributed by atoms with Crippen LogP contribution >= 0.6 is 0 Å². The zero-order valence-electron chi connectivity index (χ0n) is 12.9. The minimum atomic E-state index is -0.166. The van der Waals surface area contributed by atoms with Crippen molar-refractivity contribution in [2.45, 2.75) is 13.1 Å². The van der Waals surface area contributed by atoms with Gasteiger partial charge in [0.15, 0.2) is 0 Å². The van der Waals surface area contributed by atoms with Crippen molar-refractivity contribution in [2.24, 2.45) is 0 Å². The molecule has 3 heterocycles. The summed E-state index contributed by atoms with van der Waals surface area (Å²) >= 11 is 0. The van der Waals surface area contributed by atoms with E-state index in [9.17, 15) is 4.79 Å². The van der Waals surface area contributed by atoms with Gasteiger partial charge in [-0.15, -0.1) is 0 Å². The molecule has 6 heteroatoms. The normalized spacial score (nSPS) is 14.7. The van der Waals surface area contributed by atoms with Gasteiger partial charge in [0.05, 0.1) is 23.1 Å². The van der Waals surface area contributed by atoms with Crippen LogP contribution in [0.2, 0.25) is 0 Å². The van der Waals surface area contributed by atoms with Crippen molar-refractivity contribution in [3.63, 3.8) is 0 Å². The highest BCUT2D eigenvalue weighted by Crippen LogP contribution is 2.23. The molecule has 1 aliphatic rings. The van der Waals surface area contributed by atoms with Crippen molar-refractivity contribution >= 4 is 22.6 Å². The van der Waals surface area contributed by atoms with Crippen LogP contribution in [0.5, 0.6) is 0 Å². The summed E-state index contributed by atoms with van der Waals surface area (Å²) in [6, 6.07) is 9.36. The van der Waals surface area contributed by atoms with Crippen molar-refractivity contribution in [3.8, 4) is 0 Å². The largest absolute Gasteiger partial charge is 0.326 e. The molecule has 0 unspecified atom stereocenters. The van der Waals surface area contributed by atoms with Gasteiger partial charge in [-0.05, 0) is 37.4 Å². The van der Waals surface area contributed by atoms with E-state index in [1.165, 1.54) is 0 Å². The van der Waals surface area contributed by atoms with Gasteiger partial charge < -0.3 is 9.88 Å². The molecule has 0 radical (unpaired) electrons. The molecule has 0 aliphatic carbocycles. The zero-order valence-corrected chi connectivity index (χ0v) is 12.9. The van der Waals surface area contributed by atoms with Gasteiger partial charge in [-0.25, -0.2) is 4.98 Å². The fourth-order valence-electron chi connectivity index (χ4n) is 2.92. The monoisotopic (exact) mass is 307 g/mol. The first-order valence-corrected chi connectivity index (χ1v) is 7.60. The van der Waals surface area contributed by atoms with E-state index < -0.39 is 0 Å². The van der Waals surface area contributed by atoms with Crippen LogP contribution < -0.4 is 5.32 Å². The predicted molar refractivity (Wildman–Crippen MR) is 88.3 cm³/mol. The number of carbonyl (C=O) groups excluding carboxylic acids is 1. The Bertz CT molecular complexity index is 871. The Balaban J connectivity index is 1.63. The van der Waals surface area contributed by atoms with E-state index in [0.29, 0.717) is 5.56 Å². The highest BCUT2D eigenvalue weighted by molar-refractivity contribution is 6.04. The van der Waals surface area contributed by atoms with E-state index in [0.717, 1.165) is 42.2 Å². The SMILES string of the molecule is CN1CCn2c(nc3cc(NC(=O)c4cccnc4)ccc32)C1. The molecule has 4 rings (SSSR count). The lowest BCUT2D eigenvalue weighted by molar-refractivity contribution is 0.102. The average molecular weight is 307 g/mol. The molecule has 1 aliphatic heterocycles. The second-order valence-electron chi connectivity index (χ2n) is 5.82. The van der Waals surface area contributed by atoms with Gasteiger partial charge in [0.2, 0.25) is 0 Å². The number of hydrogen-bond donors (Lipinski definition) is 1. The molecule has 116 valence electrons. The van der Waals surface area contributed by atoms with Crippen molar-refractivity contribution in [1.29, 1.82) is 0 Å². The summed E-state index contributed by atoms with van der Waals surface area (Å²) in [5.74, 6) is 0.908. The summed E-state index contributed by atoms with van der Waals surface area (Å²) in [5.41, 5.74) is 3.32. The summed E-state index contributed by atoms with van der Waals surface area (Å²) < 4.78 is 2.25. The maximum absolute atomic E-state index is 12.2. The Kier molecular flexibility index (Phi) is 3.31. The number of benzene rings is 1. The van der Waals surface area contributed by atoms with E-state index in [1.54, 1.807) is 24.5 Å². The topological polar surface area (TPSA) is 63.1 Å². The lowest BCUT2D eigenvalue weighted by Crippen LogP contribution is -2.30. The van der Waals surface area contributed by atoms with Crippen LogP contribution in [-0.4, -0.2) is 38.9 Å². The minimum Gasteiger partial charge on any atom is -0.326 e. The highest BCUT2D eigenvalue weighted by atomic mass is 16.1. The van der Waals surface area contributed by atoms with E-state index in [4.69, 9.17) is 4.98 Å². The molecule has 0 fully saturated rings. The number of imidazole rings is 1. The fourth-order valence-corrected chi connectivity index (χ4v) is 2.92. The van der Waals surface area contributed by atoms with Crippen molar-refractivity contribution in [2.75, 3.05) is 18.9 Å². The van der Waals surface area contributed by atoms with Crippen LogP contribution in [0.3, 0.4) is 0 Å². The first-order valence-electron chi connectivity index (χ1n) is 7.60. The van der Waals surface area contributed by atoms with Gasteiger partial charge in [0.25, 0.3) is 5.91 Å². The van der Waals surface area contributed by atoms with Gasteiger partial charge in [0, 0.05) is 31.2 Å². The molecule has 3 aromatic rings. The molecule has 0 spiro atoms. The number of nitrogens with zero attached hydrogens (tertiary/aromatic N) is 4. The first kappa shape index (κ1) is 13.9. The number of fused-ring (bicyclic) bond motifs is 3. The number of likely N-dealkylation sites (N-methyl/N-ethyl adjacent to an activating group) is 1. The molecule has 0 atom stereocenters. The van der Waals surface area contributed by atoms with E-state index in [2.05, 4.69) is 26.8 Å². The lowest BCUT2D eigenvalue weighted by atomic mass is 10.2. The molecule has 23 heavy (non-hydrogen) atoms. The number of rotatable bonds is 2. The van der Waals surface area contributed by atoms with Crippen molar-refractivity contribution in [1.82, 2.24) is 19.4 Å². The van der Waals surface area contributed by atoms with Crippen molar-refractivity contribution in [3.05, 3.63) is 54.1 Å². The Hall–Kier alpha value is -2.73. The van der Waals surface area contributed by atoms with Crippen LogP contribution in [0.1, 0.15) is 16.2 Å². The van der Waals surface area contributed by atoms with Crippen molar-refractivity contribution < 1.29 is 4.79 Å². The number of nitrogens with one attached hydrogen (secondary N) is 1. The first-order chi connectivity index (χ1) is 11.2. The zero-order chi connectivity index (χ0) is 15.8. The standard InChI is InChI=1S/C17H17N5O/c1-21-7-8-22-15-5-4-13(9-14(15)20-16(22)11-21)19-17(23)12-3-2-6-18-10-12/h2-6,9-10H,7-8,11H2,1H3,(H,19,23). The molecular weight excluding hydrogens is 290 g/mol. The fraction of sp³-hybridized carbons (Fsp3) is 0.235. The molecular formula is C17H17N5O. The summed E-state index contributed by atoms with van der Waals surface area (Å²) in [7, 11) is 2.10. The second-order valence-corrected chi connectivity index (χ2v) is 5.82. The molecule has 0 saturated heterocycles. The van der Waals surface area contributed by atoms with Crippen LogP contribution in [0.15, 0.2) is 42.7 Å². The van der Waals surface area contributed by atoms with Gasteiger partial charge in [-0.3, -0.25) is 14.7 Å².